The summed E-state index contributed by atoms with van der Waals surface area (Å²) in [7, 11) is 1.62. The molecule has 5 nitrogen and oxygen atoms in total. The van der Waals surface area contributed by atoms with E-state index in [1.165, 1.54) is 28.6 Å². The fourth-order valence-electron chi connectivity index (χ4n) is 2.15. The van der Waals surface area contributed by atoms with Gasteiger partial charge in [0.15, 0.2) is 5.82 Å². The summed E-state index contributed by atoms with van der Waals surface area (Å²) in [5, 5.41) is 8.70. The van der Waals surface area contributed by atoms with Crippen molar-refractivity contribution < 1.29 is 9.13 Å². The number of benzene rings is 2. The zero-order valence-electron chi connectivity index (χ0n) is 12.7. The van der Waals surface area contributed by atoms with Crippen molar-refractivity contribution in [3.8, 4) is 17.1 Å². The molecule has 0 aliphatic carbocycles. The van der Waals surface area contributed by atoms with E-state index in [2.05, 4.69) is 26.1 Å². The standard InChI is InChI=1S/C16H14BrFN4OS/c1-23-14-6-5-10(7-13(14)17)9-24-16-21-20-15(22(16)19)11-3-2-4-12(18)8-11/h2-8H,9,19H2,1H3. The van der Waals surface area contributed by atoms with Crippen molar-refractivity contribution in [1.82, 2.24) is 14.9 Å². The van der Waals surface area contributed by atoms with Gasteiger partial charge in [0.1, 0.15) is 11.6 Å². The molecule has 124 valence electrons. The first-order valence-corrected chi connectivity index (χ1v) is 8.78. The fraction of sp³-hybridized carbons (Fsp3) is 0.125. The van der Waals surface area contributed by atoms with Gasteiger partial charge in [-0.15, -0.1) is 10.2 Å². The first kappa shape index (κ1) is 16.8. The molecule has 0 saturated carbocycles. The van der Waals surface area contributed by atoms with Gasteiger partial charge in [-0.3, -0.25) is 0 Å². The number of thioether (sulfide) groups is 1. The van der Waals surface area contributed by atoms with E-state index in [0.717, 1.165) is 15.8 Å². The molecule has 8 heteroatoms. The molecule has 3 aromatic rings. The highest BCUT2D eigenvalue weighted by Gasteiger charge is 2.13. The molecule has 1 heterocycles. The summed E-state index contributed by atoms with van der Waals surface area (Å²) in [4.78, 5) is 0. The number of nitrogen functional groups attached to an aromatic ring is 1. The highest BCUT2D eigenvalue weighted by atomic mass is 79.9. The molecule has 0 atom stereocenters. The number of nitrogens with two attached hydrogens (primary N) is 1. The number of rotatable bonds is 5. The van der Waals surface area contributed by atoms with Crippen LogP contribution in [0.15, 0.2) is 52.1 Å². The van der Waals surface area contributed by atoms with Gasteiger partial charge in [-0.1, -0.05) is 30.0 Å². The number of ether oxygens (including phenoxy) is 1. The zero-order valence-corrected chi connectivity index (χ0v) is 15.1. The molecule has 2 N–H and O–H groups in total. The number of nitrogens with zero attached hydrogens (tertiary/aromatic N) is 3. The van der Waals surface area contributed by atoms with Gasteiger partial charge in [0.05, 0.1) is 11.6 Å². The Labute approximate surface area is 151 Å². The van der Waals surface area contributed by atoms with Gasteiger partial charge >= 0.3 is 0 Å². The van der Waals surface area contributed by atoms with Crippen molar-refractivity contribution in [1.29, 1.82) is 0 Å². The summed E-state index contributed by atoms with van der Waals surface area (Å²) in [6.45, 7) is 0. The molecular weight excluding hydrogens is 395 g/mol. The van der Waals surface area contributed by atoms with Crippen LogP contribution in [0.5, 0.6) is 5.75 Å². The Bertz CT molecular complexity index is 871. The summed E-state index contributed by atoms with van der Waals surface area (Å²) in [6.07, 6.45) is 0. The van der Waals surface area contributed by atoms with Gasteiger partial charge in [-0.25, -0.2) is 9.07 Å². The molecule has 0 unspecified atom stereocenters. The molecule has 0 saturated heterocycles. The molecule has 0 radical (unpaired) electrons. The Balaban J connectivity index is 1.76. The third-order valence-corrected chi connectivity index (χ3v) is 4.97. The van der Waals surface area contributed by atoms with Crippen LogP contribution in [0.4, 0.5) is 4.39 Å². The SMILES string of the molecule is COc1ccc(CSc2nnc(-c3cccc(F)c3)n2N)cc1Br. The van der Waals surface area contributed by atoms with Crippen LogP contribution in [0, 0.1) is 5.82 Å². The van der Waals surface area contributed by atoms with E-state index in [-0.39, 0.29) is 5.82 Å². The highest BCUT2D eigenvalue weighted by Crippen LogP contribution is 2.29. The fourth-order valence-corrected chi connectivity index (χ4v) is 3.53. The molecule has 3 rings (SSSR count). The summed E-state index contributed by atoms with van der Waals surface area (Å²) >= 11 is 4.91. The molecule has 0 fully saturated rings. The lowest BCUT2D eigenvalue weighted by Crippen LogP contribution is -2.11. The van der Waals surface area contributed by atoms with Crippen LogP contribution >= 0.6 is 27.7 Å². The maximum atomic E-state index is 13.3. The molecule has 0 bridgehead atoms. The molecule has 0 amide bonds. The Hall–Kier alpha value is -2.06. The lowest BCUT2D eigenvalue weighted by Gasteiger charge is -2.06. The molecule has 0 aliphatic heterocycles. The van der Waals surface area contributed by atoms with Crippen LogP contribution in [0.2, 0.25) is 0 Å². The second-order valence-corrected chi connectivity index (χ2v) is 6.74. The van der Waals surface area contributed by atoms with Crippen LogP contribution in [0.25, 0.3) is 11.4 Å². The van der Waals surface area contributed by atoms with E-state index in [4.69, 9.17) is 10.6 Å². The van der Waals surface area contributed by atoms with E-state index in [0.29, 0.717) is 22.3 Å². The van der Waals surface area contributed by atoms with Gasteiger partial charge in [0.25, 0.3) is 0 Å². The molecule has 0 aliphatic rings. The van der Waals surface area contributed by atoms with Crippen LogP contribution < -0.4 is 10.6 Å². The summed E-state index contributed by atoms with van der Waals surface area (Å²) < 4.78 is 20.8. The Kier molecular flexibility index (Phi) is 5.06. The molecule has 24 heavy (non-hydrogen) atoms. The van der Waals surface area contributed by atoms with Gasteiger partial charge in [-0.05, 0) is 45.8 Å². The van der Waals surface area contributed by atoms with Crippen molar-refractivity contribution >= 4 is 27.7 Å². The van der Waals surface area contributed by atoms with Crippen LogP contribution in [-0.4, -0.2) is 22.0 Å². The van der Waals surface area contributed by atoms with Gasteiger partial charge in [-0.2, -0.15) is 0 Å². The Morgan fingerprint density at radius 3 is 2.79 bits per heavy atom. The average molecular weight is 409 g/mol. The molecule has 1 aromatic heterocycles. The van der Waals surface area contributed by atoms with Crippen LogP contribution in [-0.2, 0) is 5.75 Å². The third kappa shape index (κ3) is 3.54. The van der Waals surface area contributed by atoms with E-state index >= 15 is 0 Å². The predicted molar refractivity (Wildman–Crippen MR) is 95.8 cm³/mol. The number of halogens is 2. The first-order chi connectivity index (χ1) is 11.6. The maximum absolute atomic E-state index is 13.3. The lowest BCUT2D eigenvalue weighted by atomic mass is 10.2. The van der Waals surface area contributed by atoms with Gasteiger partial charge < -0.3 is 10.6 Å². The lowest BCUT2D eigenvalue weighted by molar-refractivity contribution is 0.412. The minimum Gasteiger partial charge on any atom is -0.496 e. The van der Waals surface area contributed by atoms with Crippen molar-refractivity contribution in [2.75, 3.05) is 13.0 Å². The van der Waals surface area contributed by atoms with Crippen LogP contribution in [0.1, 0.15) is 5.56 Å². The second kappa shape index (κ2) is 7.23. The molecule has 0 spiro atoms. The Morgan fingerprint density at radius 1 is 1.25 bits per heavy atom. The second-order valence-electron chi connectivity index (χ2n) is 4.94. The molecule has 2 aromatic carbocycles. The Morgan fingerprint density at radius 2 is 2.08 bits per heavy atom. The van der Waals surface area contributed by atoms with Crippen molar-refractivity contribution in [2.24, 2.45) is 0 Å². The number of hydrogen-bond acceptors (Lipinski definition) is 5. The van der Waals surface area contributed by atoms with E-state index in [1.807, 2.05) is 18.2 Å². The van der Waals surface area contributed by atoms with Gasteiger partial charge in [0.2, 0.25) is 5.16 Å². The normalized spacial score (nSPS) is 10.8. The molecular formula is C16H14BrFN4OS. The summed E-state index contributed by atoms with van der Waals surface area (Å²) in [5.74, 6) is 7.57. The van der Waals surface area contributed by atoms with E-state index in [1.54, 1.807) is 19.2 Å². The monoisotopic (exact) mass is 408 g/mol. The smallest absolute Gasteiger partial charge is 0.210 e. The first-order valence-electron chi connectivity index (χ1n) is 7.00. The van der Waals surface area contributed by atoms with Crippen molar-refractivity contribution in [2.45, 2.75) is 10.9 Å². The highest BCUT2D eigenvalue weighted by molar-refractivity contribution is 9.10. The van der Waals surface area contributed by atoms with Crippen LogP contribution in [0.3, 0.4) is 0 Å². The third-order valence-electron chi connectivity index (χ3n) is 3.33. The van der Waals surface area contributed by atoms with Crippen molar-refractivity contribution in [3.05, 3.63) is 58.3 Å². The predicted octanol–water partition coefficient (Wildman–Crippen LogP) is 3.86. The number of hydrogen-bond donors (Lipinski definition) is 1. The number of aromatic nitrogens is 3. The summed E-state index contributed by atoms with van der Waals surface area (Å²) in [6, 6.07) is 12.0. The van der Waals surface area contributed by atoms with E-state index in [9.17, 15) is 4.39 Å². The minimum absolute atomic E-state index is 0.340. The summed E-state index contributed by atoms with van der Waals surface area (Å²) in [5.41, 5.74) is 1.67. The number of methoxy groups -OCH3 is 1. The quantitative estimate of drug-likeness (QED) is 0.512. The average Bonchev–Trinajstić information content (AvgIpc) is 2.94. The van der Waals surface area contributed by atoms with Gasteiger partial charge in [0, 0.05) is 11.3 Å². The largest absolute Gasteiger partial charge is 0.496 e. The maximum Gasteiger partial charge on any atom is 0.210 e. The van der Waals surface area contributed by atoms with Crippen molar-refractivity contribution in [3.63, 3.8) is 0 Å². The zero-order chi connectivity index (χ0) is 17.1. The van der Waals surface area contributed by atoms with E-state index < -0.39 is 0 Å². The topological polar surface area (TPSA) is 66.0 Å². The minimum atomic E-state index is -0.340.